The summed E-state index contributed by atoms with van der Waals surface area (Å²) in [6.45, 7) is 4.31. The second-order valence-electron chi connectivity index (χ2n) is 5.02. The fourth-order valence-electron chi connectivity index (χ4n) is 3.16. The number of aryl methyl sites for hydroxylation is 1. The summed E-state index contributed by atoms with van der Waals surface area (Å²) in [5, 5.41) is 7.72. The van der Waals surface area contributed by atoms with Crippen molar-refractivity contribution < 1.29 is 4.52 Å². The summed E-state index contributed by atoms with van der Waals surface area (Å²) in [5.41, 5.74) is 1.56. The number of hydrogen-bond donors (Lipinski definition) is 1. The Kier molecular flexibility index (Phi) is 2.09. The third-order valence-corrected chi connectivity index (χ3v) is 4.23. The second-order valence-corrected chi connectivity index (χ2v) is 5.02. The molecule has 1 aliphatic heterocycles. The van der Waals surface area contributed by atoms with Crippen LogP contribution in [0.4, 0.5) is 0 Å². The number of rotatable bonds is 2. The van der Waals surface area contributed by atoms with Gasteiger partial charge < -0.3 is 9.84 Å². The van der Waals surface area contributed by atoms with E-state index in [0.717, 1.165) is 18.2 Å². The maximum absolute atomic E-state index is 5.24. The Bertz CT molecular complexity index is 348. The fourth-order valence-corrected chi connectivity index (χ4v) is 3.16. The molecule has 1 saturated heterocycles. The quantitative estimate of drug-likeness (QED) is 0.804. The minimum absolute atomic E-state index is 0.348. The van der Waals surface area contributed by atoms with Crippen LogP contribution < -0.4 is 5.32 Å². The zero-order chi connectivity index (χ0) is 10.3. The maximum Gasteiger partial charge on any atom is 0.133 e. The first kappa shape index (κ1) is 9.40. The summed E-state index contributed by atoms with van der Waals surface area (Å²) >= 11 is 0. The molecular formula is C12H18N2O. The van der Waals surface area contributed by atoms with Crippen molar-refractivity contribution in [3.63, 3.8) is 0 Å². The Morgan fingerprint density at radius 2 is 2.40 bits per heavy atom. The summed E-state index contributed by atoms with van der Waals surface area (Å²) in [4.78, 5) is 0. The van der Waals surface area contributed by atoms with Gasteiger partial charge in [0, 0.05) is 11.5 Å². The first-order valence-electron chi connectivity index (χ1n) is 5.96. The van der Waals surface area contributed by atoms with Gasteiger partial charge in [-0.2, -0.15) is 0 Å². The fraction of sp³-hybridized carbons (Fsp3) is 0.750. The molecule has 1 N–H and O–H groups in total. The molecule has 1 atom stereocenters. The highest BCUT2D eigenvalue weighted by molar-refractivity contribution is 5.23. The standard InChI is InChI=1S/C12H18N2O/c1-9-7-11(14-15-9)12(4-2-5-12)10-3-6-13-8-10/h7,10,13H,2-6,8H2,1H3. The van der Waals surface area contributed by atoms with Crippen LogP contribution >= 0.6 is 0 Å². The van der Waals surface area contributed by atoms with Crippen molar-refractivity contribution in [2.24, 2.45) is 5.92 Å². The molecule has 82 valence electrons. The van der Waals surface area contributed by atoms with Crippen LogP contribution in [0.15, 0.2) is 10.6 Å². The van der Waals surface area contributed by atoms with Gasteiger partial charge in [-0.15, -0.1) is 0 Å². The number of aromatic nitrogens is 1. The van der Waals surface area contributed by atoms with Crippen LogP contribution in [0.2, 0.25) is 0 Å². The predicted octanol–water partition coefficient (Wildman–Crippen LogP) is 2.01. The van der Waals surface area contributed by atoms with Crippen molar-refractivity contribution in [3.05, 3.63) is 17.5 Å². The van der Waals surface area contributed by atoms with Gasteiger partial charge in [0.15, 0.2) is 0 Å². The first-order chi connectivity index (χ1) is 7.31. The van der Waals surface area contributed by atoms with Crippen LogP contribution in [0.1, 0.15) is 37.1 Å². The SMILES string of the molecule is Cc1cc(C2(C3CCNC3)CCC2)no1. The van der Waals surface area contributed by atoms with Gasteiger partial charge in [-0.25, -0.2) is 0 Å². The minimum Gasteiger partial charge on any atom is -0.361 e. The molecule has 0 aromatic carbocycles. The van der Waals surface area contributed by atoms with Gasteiger partial charge in [-0.1, -0.05) is 11.6 Å². The van der Waals surface area contributed by atoms with Crippen LogP contribution in [-0.4, -0.2) is 18.2 Å². The molecule has 0 spiro atoms. The van der Waals surface area contributed by atoms with E-state index >= 15 is 0 Å². The number of nitrogens with one attached hydrogen (secondary N) is 1. The summed E-state index contributed by atoms with van der Waals surface area (Å²) in [6, 6.07) is 2.14. The Labute approximate surface area is 90.2 Å². The van der Waals surface area contributed by atoms with Gasteiger partial charge in [-0.3, -0.25) is 0 Å². The Morgan fingerprint density at radius 1 is 1.53 bits per heavy atom. The summed E-state index contributed by atoms with van der Waals surface area (Å²) in [6.07, 6.45) is 5.24. The largest absolute Gasteiger partial charge is 0.361 e. The van der Waals surface area contributed by atoms with Crippen LogP contribution in [0, 0.1) is 12.8 Å². The molecular weight excluding hydrogens is 188 g/mol. The van der Waals surface area contributed by atoms with Gasteiger partial charge >= 0.3 is 0 Å². The van der Waals surface area contributed by atoms with E-state index in [2.05, 4.69) is 16.5 Å². The lowest BCUT2D eigenvalue weighted by atomic mass is 9.59. The van der Waals surface area contributed by atoms with Crippen molar-refractivity contribution >= 4 is 0 Å². The van der Waals surface area contributed by atoms with Crippen LogP contribution in [0.3, 0.4) is 0 Å². The van der Waals surface area contributed by atoms with E-state index in [0.29, 0.717) is 5.41 Å². The molecule has 0 amide bonds. The van der Waals surface area contributed by atoms with Crippen molar-refractivity contribution in [1.29, 1.82) is 0 Å². The molecule has 15 heavy (non-hydrogen) atoms. The molecule has 3 heteroatoms. The van der Waals surface area contributed by atoms with E-state index in [-0.39, 0.29) is 0 Å². The van der Waals surface area contributed by atoms with Crippen molar-refractivity contribution in [2.75, 3.05) is 13.1 Å². The highest BCUT2D eigenvalue weighted by Crippen LogP contribution is 2.50. The first-order valence-corrected chi connectivity index (χ1v) is 5.96. The molecule has 1 aliphatic carbocycles. The van der Waals surface area contributed by atoms with E-state index in [1.807, 2.05) is 6.92 Å². The molecule has 2 heterocycles. The van der Waals surface area contributed by atoms with Crippen LogP contribution in [0.5, 0.6) is 0 Å². The second kappa shape index (κ2) is 3.34. The van der Waals surface area contributed by atoms with Gasteiger partial charge in [0.05, 0.1) is 5.69 Å². The average Bonchev–Trinajstić information content (AvgIpc) is 2.75. The van der Waals surface area contributed by atoms with Crippen LogP contribution in [0.25, 0.3) is 0 Å². The number of hydrogen-bond acceptors (Lipinski definition) is 3. The zero-order valence-corrected chi connectivity index (χ0v) is 9.25. The molecule has 0 radical (unpaired) electrons. The Balaban J connectivity index is 1.91. The molecule has 3 rings (SSSR count). The van der Waals surface area contributed by atoms with Gasteiger partial charge in [0.1, 0.15) is 5.76 Å². The summed E-state index contributed by atoms with van der Waals surface area (Å²) in [7, 11) is 0. The summed E-state index contributed by atoms with van der Waals surface area (Å²) < 4.78 is 5.24. The molecule has 2 fully saturated rings. The van der Waals surface area contributed by atoms with E-state index in [1.54, 1.807) is 0 Å². The Hall–Kier alpha value is -0.830. The van der Waals surface area contributed by atoms with Gasteiger partial charge in [-0.05, 0) is 45.2 Å². The lowest BCUT2D eigenvalue weighted by Gasteiger charge is -2.44. The lowest BCUT2D eigenvalue weighted by Crippen LogP contribution is -2.43. The molecule has 1 aromatic heterocycles. The highest BCUT2D eigenvalue weighted by Gasteiger charge is 2.48. The third-order valence-electron chi connectivity index (χ3n) is 4.23. The van der Waals surface area contributed by atoms with Crippen molar-refractivity contribution in [3.8, 4) is 0 Å². The predicted molar refractivity (Wildman–Crippen MR) is 57.7 cm³/mol. The monoisotopic (exact) mass is 206 g/mol. The average molecular weight is 206 g/mol. The molecule has 1 aromatic rings. The van der Waals surface area contributed by atoms with E-state index < -0.39 is 0 Å². The third kappa shape index (κ3) is 1.33. The molecule has 2 aliphatic rings. The van der Waals surface area contributed by atoms with Crippen LogP contribution in [-0.2, 0) is 5.41 Å². The Morgan fingerprint density at radius 3 is 2.87 bits per heavy atom. The van der Waals surface area contributed by atoms with Gasteiger partial charge in [0.2, 0.25) is 0 Å². The molecule has 1 unspecified atom stereocenters. The molecule has 1 saturated carbocycles. The van der Waals surface area contributed by atoms with Crippen molar-refractivity contribution in [1.82, 2.24) is 10.5 Å². The topological polar surface area (TPSA) is 38.1 Å². The van der Waals surface area contributed by atoms with Gasteiger partial charge in [0.25, 0.3) is 0 Å². The zero-order valence-electron chi connectivity index (χ0n) is 9.25. The summed E-state index contributed by atoms with van der Waals surface area (Å²) in [5.74, 6) is 1.72. The van der Waals surface area contributed by atoms with E-state index in [4.69, 9.17) is 4.52 Å². The van der Waals surface area contributed by atoms with E-state index in [1.165, 1.54) is 37.9 Å². The van der Waals surface area contributed by atoms with Crippen molar-refractivity contribution in [2.45, 2.75) is 38.0 Å². The molecule has 3 nitrogen and oxygen atoms in total. The lowest BCUT2D eigenvalue weighted by molar-refractivity contribution is 0.145. The smallest absolute Gasteiger partial charge is 0.133 e. The normalized spacial score (nSPS) is 29.0. The minimum atomic E-state index is 0.348. The maximum atomic E-state index is 5.24. The highest BCUT2D eigenvalue weighted by atomic mass is 16.5. The van der Waals surface area contributed by atoms with E-state index in [9.17, 15) is 0 Å². The molecule has 0 bridgehead atoms. The number of nitrogens with zero attached hydrogens (tertiary/aromatic N) is 1.